The monoisotopic (exact) mass is 324 g/mol. The quantitative estimate of drug-likeness (QED) is 0.757. The number of nitrogens with zero attached hydrogens (tertiary/aromatic N) is 3. The zero-order valence-corrected chi connectivity index (χ0v) is 11.7. The van der Waals surface area contributed by atoms with E-state index in [1.807, 2.05) is 0 Å². The van der Waals surface area contributed by atoms with Crippen molar-refractivity contribution in [3.05, 3.63) is 53.4 Å². The van der Waals surface area contributed by atoms with Crippen molar-refractivity contribution < 1.29 is 13.2 Å². The van der Waals surface area contributed by atoms with Crippen LogP contribution in [0, 0.1) is 0 Å². The zero-order chi connectivity index (χ0) is 15.7. The number of fused-ring (bicyclic) bond motifs is 1. The lowest BCUT2D eigenvalue weighted by atomic mass is 10.2. The van der Waals surface area contributed by atoms with Crippen LogP contribution >= 0.6 is 11.6 Å². The maximum absolute atomic E-state index is 12.7. The number of rotatable bonds is 2. The molecule has 2 heterocycles. The minimum absolute atomic E-state index is 0.201. The van der Waals surface area contributed by atoms with E-state index in [0.29, 0.717) is 10.8 Å². The normalized spacial score (nSPS) is 11.6. The van der Waals surface area contributed by atoms with Crippen molar-refractivity contribution in [3.63, 3.8) is 0 Å². The van der Waals surface area contributed by atoms with Gasteiger partial charge in [0.15, 0.2) is 11.0 Å². The molecule has 0 fully saturated rings. The SMILES string of the molecule is FC(F)(F)c1cccc(Nc2nnc(Cl)c3ccncc23)c1. The minimum Gasteiger partial charge on any atom is -0.338 e. The van der Waals surface area contributed by atoms with Crippen molar-refractivity contribution in [2.24, 2.45) is 0 Å². The van der Waals surface area contributed by atoms with Gasteiger partial charge in [0.1, 0.15) is 0 Å². The van der Waals surface area contributed by atoms with Crippen LogP contribution in [0.4, 0.5) is 24.7 Å². The Bertz CT molecular complexity index is 836. The van der Waals surface area contributed by atoms with E-state index in [9.17, 15) is 13.2 Å². The molecule has 0 saturated heterocycles. The van der Waals surface area contributed by atoms with Crippen molar-refractivity contribution in [1.29, 1.82) is 0 Å². The van der Waals surface area contributed by atoms with Crippen LogP contribution in [-0.2, 0) is 6.18 Å². The lowest BCUT2D eigenvalue weighted by Gasteiger charge is -2.11. The third kappa shape index (κ3) is 2.80. The first-order valence-corrected chi connectivity index (χ1v) is 6.53. The Labute approximate surface area is 128 Å². The van der Waals surface area contributed by atoms with Crippen molar-refractivity contribution in [2.75, 3.05) is 5.32 Å². The predicted octanol–water partition coefficient (Wildman–Crippen LogP) is 4.44. The van der Waals surface area contributed by atoms with E-state index < -0.39 is 11.7 Å². The highest BCUT2D eigenvalue weighted by molar-refractivity contribution is 6.34. The summed E-state index contributed by atoms with van der Waals surface area (Å²) in [6, 6.07) is 6.48. The van der Waals surface area contributed by atoms with Gasteiger partial charge in [0, 0.05) is 28.9 Å². The summed E-state index contributed by atoms with van der Waals surface area (Å²) < 4.78 is 38.2. The molecule has 0 aliphatic heterocycles. The van der Waals surface area contributed by atoms with E-state index in [1.54, 1.807) is 12.3 Å². The molecule has 1 aromatic carbocycles. The van der Waals surface area contributed by atoms with Gasteiger partial charge in [-0.25, -0.2) is 0 Å². The number of nitrogens with one attached hydrogen (secondary N) is 1. The van der Waals surface area contributed by atoms with Crippen LogP contribution in [0.25, 0.3) is 10.8 Å². The predicted molar refractivity (Wildman–Crippen MR) is 77.1 cm³/mol. The van der Waals surface area contributed by atoms with Crippen LogP contribution in [0.5, 0.6) is 0 Å². The summed E-state index contributed by atoms with van der Waals surface area (Å²) >= 11 is 5.94. The molecule has 0 saturated carbocycles. The van der Waals surface area contributed by atoms with Gasteiger partial charge in [0.2, 0.25) is 0 Å². The second-order valence-corrected chi connectivity index (χ2v) is 4.82. The van der Waals surface area contributed by atoms with Crippen LogP contribution < -0.4 is 5.32 Å². The smallest absolute Gasteiger partial charge is 0.338 e. The fourth-order valence-corrected chi connectivity index (χ4v) is 2.17. The second kappa shape index (κ2) is 5.42. The summed E-state index contributed by atoms with van der Waals surface area (Å²) in [4.78, 5) is 3.97. The van der Waals surface area contributed by atoms with Gasteiger partial charge in [-0.15, -0.1) is 10.2 Å². The molecule has 0 atom stereocenters. The fourth-order valence-electron chi connectivity index (χ4n) is 1.97. The van der Waals surface area contributed by atoms with Gasteiger partial charge in [0.25, 0.3) is 0 Å². The number of benzene rings is 1. The molecule has 0 amide bonds. The zero-order valence-electron chi connectivity index (χ0n) is 10.9. The van der Waals surface area contributed by atoms with E-state index in [-0.39, 0.29) is 16.7 Å². The van der Waals surface area contributed by atoms with Crippen LogP contribution in [-0.4, -0.2) is 15.2 Å². The maximum Gasteiger partial charge on any atom is 0.416 e. The highest BCUT2D eigenvalue weighted by Crippen LogP contribution is 2.32. The standard InChI is InChI=1S/C14H8ClF3N4/c15-12-10-4-5-19-7-11(10)13(22-21-12)20-9-3-1-2-8(6-9)14(16,17)18/h1-7H,(H,20,22). The summed E-state index contributed by atoms with van der Waals surface area (Å²) in [5, 5.41) is 11.9. The fraction of sp³-hybridized carbons (Fsp3) is 0.0714. The number of halogens is 4. The number of hydrogen-bond donors (Lipinski definition) is 1. The van der Waals surface area contributed by atoms with E-state index in [0.717, 1.165) is 12.1 Å². The summed E-state index contributed by atoms with van der Waals surface area (Å²) in [5.74, 6) is 0.284. The Kier molecular flexibility index (Phi) is 3.58. The lowest BCUT2D eigenvalue weighted by Crippen LogP contribution is -2.05. The first-order valence-electron chi connectivity index (χ1n) is 6.15. The summed E-state index contributed by atoms with van der Waals surface area (Å²) in [7, 11) is 0. The average Bonchev–Trinajstić information content (AvgIpc) is 2.50. The maximum atomic E-state index is 12.7. The number of alkyl halides is 3. The molecule has 3 rings (SSSR count). The first-order chi connectivity index (χ1) is 10.4. The Morgan fingerprint density at radius 3 is 2.64 bits per heavy atom. The van der Waals surface area contributed by atoms with E-state index >= 15 is 0 Å². The van der Waals surface area contributed by atoms with Crippen LogP contribution in [0.1, 0.15) is 5.56 Å². The molecule has 0 radical (unpaired) electrons. The Hall–Kier alpha value is -2.41. The molecule has 0 unspecified atom stereocenters. The second-order valence-electron chi connectivity index (χ2n) is 4.46. The van der Waals surface area contributed by atoms with Crippen molar-refractivity contribution in [2.45, 2.75) is 6.18 Å². The molecule has 4 nitrogen and oxygen atoms in total. The molecule has 8 heteroatoms. The van der Waals surface area contributed by atoms with Gasteiger partial charge in [-0.3, -0.25) is 4.98 Å². The highest BCUT2D eigenvalue weighted by Gasteiger charge is 2.30. The summed E-state index contributed by atoms with van der Waals surface area (Å²) in [5.41, 5.74) is -0.501. The molecule has 0 aliphatic carbocycles. The van der Waals surface area contributed by atoms with Gasteiger partial charge in [-0.2, -0.15) is 13.2 Å². The first kappa shape index (κ1) is 14.5. The molecule has 3 aromatic rings. The van der Waals surface area contributed by atoms with Gasteiger partial charge in [-0.05, 0) is 24.3 Å². The molecule has 0 spiro atoms. The number of aromatic nitrogens is 3. The van der Waals surface area contributed by atoms with Crippen molar-refractivity contribution in [3.8, 4) is 0 Å². The van der Waals surface area contributed by atoms with Crippen molar-refractivity contribution >= 4 is 33.9 Å². The molecule has 1 N–H and O–H groups in total. The highest BCUT2D eigenvalue weighted by atomic mass is 35.5. The molecule has 0 aliphatic rings. The van der Waals surface area contributed by atoms with Crippen LogP contribution in [0.3, 0.4) is 0 Å². The van der Waals surface area contributed by atoms with Crippen molar-refractivity contribution in [1.82, 2.24) is 15.2 Å². The summed E-state index contributed by atoms with van der Waals surface area (Å²) in [6.07, 6.45) is -1.34. The van der Waals surface area contributed by atoms with E-state index in [2.05, 4.69) is 20.5 Å². The number of pyridine rings is 1. The van der Waals surface area contributed by atoms with Gasteiger partial charge >= 0.3 is 6.18 Å². The van der Waals surface area contributed by atoms with Crippen LogP contribution in [0.2, 0.25) is 5.15 Å². The lowest BCUT2D eigenvalue weighted by molar-refractivity contribution is -0.137. The van der Waals surface area contributed by atoms with E-state index in [4.69, 9.17) is 11.6 Å². The number of hydrogen-bond acceptors (Lipinski definition) is 4. The molecular formula is C14H8ClF3N4. The number of anilines is 2. The van der Waals surface area contributed by atoms with Gasteiger partial charge in [-0.1, -0.05) is 17.7 Å². The Morgan fingerprint density at radius 2 is 1.86 bits per heavy atom. The largest absolute Gasteiger partial charge is 0.416 e. The Balaban J connectivity index is 2.03. The minimum atomic E-state index is -4.41. The van der Waals surface area contributed by atoms with Gasteiger partial charge < -0.3 is 5.32 Å². The Morgan fingerprint density at radius 1 is 1.05 bits per heavy atom. The third-order valence-electron chi connectivity index (χ3n) is 2.99. The molecule has 22 heavy (non-hydrogen) atoms. The third-order valence-corrected chi connectivity index (χ3v) is 3.27. The average molecular weight is 325 g/mol. The van der Waals surface area contributed by atoms with E-state index in [1.165, 1.54) is 18.3 Å². The molecule has 0 bridgehead atoms. The molecular weight excluding hydrogens is 317 g/mol. The summed E-state index contributed by atoms with van der Waals surface area (Å²) in [6.45, 7) is 0. The topological polar surface area (TPSA) is 50.7 Å². The molecule has 2 aromatic heterocycles. The van der Waals surface area contributed by atoms with Gasteiger partial charge in [0.05, 0.1) is 5.56 Å². The molecule has 112 valence electrons. The van der Waals surface area contributed by atoms with Crippen LogP contribution in [0.15, 0.2) is 42.7 Å².